The van der Waals surface area contributed by atoms with Gasteiger partial charge in [0, 0.05) is 32.1 Å². The first-order valence-corrected chi connectivity index (χ1v) is 7.68. The number of rotatable bonds is 10. The molecule has 0 aliphatic carbocycles. The zero-order valence-corrected chi connectivity index (χ0v) is 14.1. The van der Waals surface area contributed by atoms with Crippen LogP contribution in [0.25, 0.3) is 0 Å². The molecule has 0 radical (unpaired) electrons. The third-order valence-corrected chi connectivity index (χ3v) is 3.53. The predicted molar refractivity (Wildman–Crippen MR) is 84.4 cm³/mol. The average Bonchev–Trinajstić information content (AvgIpc) is 2.36. The number of carboxylic acids is 1. The van der Waals surface area contributed by atoms with Crippen LogP contribution in [0.1, 0.15) is 40.0 Å². The Labute approximate surface area is 128 Å². The summed E-state index contributed by atoms with van der Waals surface area (Å²) in [6, 6.07) is 0.117. The van der Waals surface area contributed by atoms with Crippen LogP contribution in [0, 0.1) is 5.92 Å². The Kier molecular flexibility index (Phi) is 9.78. The van der Waals surface area contributed by atoms with E-state index in [2.05, 4.69) is 10.2 Å². The number of amides is 2. The van der Waals surface area contributed by atoms with Crippen molar-refractivity contribution in [1.82, 2.24) is 15.1 Å². The Balaban J connectivity index is 4.07. The minimum atomic E-state index is -0.763. The Morgan fingerprint density at radius 1 is 1.19 bits per heavy atom. The minimum absolute atomic E-state index is 0.0442. The second kappa shape index (κ2) is 10.4. The maximum absolute atomic E-state index is 12.1. The molecule has 0 spiro atoms. The quantitative estimate of drug-likeness (QED) is 0.646. The van der Waals surface area contributed by atoms with E-state index in [1.54, 1.807) is 0 Å². The molecule has 6 heteroatoms. The number of nitrogens with zero attached hydrogens (tertiary/aromatic N) is 2. The van der Waals surface area contributed by atoms with E-state index >= 15 is 0 Å². The highest BCUT2D eigenvalue weighted by molar-refractivity contribution is 5.74. The van der Waals surface area contributed by atoms with Crippen LogP contribution in [0.15, 0.2) is 0 Å². The monoisotopic (exact) mass is 301 g/mol. The summed E-state index contributed by atoms with van der Waals surface area (Å²) >= 11 is 0. The number of nitrogens with one attached hydrogen (secondary N) is 1. The number of carboxylic acid groups (broad SMARTS) is 1. The lowest BCUT2D eigenvalue weighted by Crippen LogP contribution is -2.48. The van der Waals surface area contributed by atoms with Gasteiger partial charge < -0.3 is 20.2 Å². The molecule has 0 saturated heterocycles. The van der Waals surface area contributed by atoms with E-state index in [9.17, 15) is 9.59 Å². The van der Waals surface area contributed by atoms with Crippen molar-refractivity contribution in [1.29, 1.82) is 0 Å². The molecule has 0 rings (SSSR count). The lowest BCUT2D eigenvalue weighted by Gasteiger charge is -2.30. The van der Waals surface area contributed by atoms with Crippen LogP contribution in [0.3, 0.4) is 0 Å². The summed E-state index contributed by atoms with van der Waals surface area (Å²) in [5.74, 6) is -0.462. The zero-order valence-electron chi connectivity index (χ0n) is 14.1. The van der Waals surface area contributed by atoms with Crippen LogP contribution in [0.4, 0.5) is 4.79 Å². The van der Waals surface area contributed by atoms with Gasteiger partial charge in [-0.3, -0.25) is 4.79 Å². The van der Waals surface area contributed by atoms with E-state index in [4.69, 9.17) is 5.11 Å². The lowest BCUT2D eigenvalue weighted by atomic mass is 10.0. The van der Waals surface area contributed by atoms with Crippen molar-refractivity contribution in [3.8, 4) is 0 Å². The highest BCUT2D eigenvalue weighted by atomic mass is 16.4. The van der Waals surface area contributed by atoms with Crippen molar-refractivity contribution >= 4 is 12.0 Å². The van der Waals surface area contributed by atoms with Crippen LogP contribution < -0.4 is 5.32 Å². The van der Waals surface area contributed by atoms with Crippen molar-refractivity contribution in [2.45, 2.75) is 46.1 Å². The van der Waals surface area contributed by atoms with Crippen LogP contribution in [-0.4, -0.2) is 66.7 Å². The van der Waals surface area contributed by atoms with Gasteiger partial charge in [-0.2, -0.15) is 0 Å². The molecule has 0 aromatic rings. The fourth-order valence-corrected chi connectivity index (χ4v) is 2.32. The van der Waals surface area contributed by atoms with Gasteiger partial charge in [-0.25, -0.2) is 4.79 Å². The highest BCUT2D eigenvalue weighted by Gasteiger charge is 2.18. The van der Waals surface area contributed by atoms with Crippen molar-refractivity contribution in [3.63, 3.8) is 0 Å². The first-order valence-electron chi connectivity index (χ1n) is 7.68. The zero-order chi connectivity index (χ0) is 16.4. The summed E-state index contributed by atoms with van der Waals surface area (Å²) in [6.07, 6.45) is 1.65. The molecule has 21 heavy (non-hydrogen) atoms. The molecule has 0 bridgehead atoms. The first kappa shape index (κ1) is 19.7. The summed E-state index contributed by atoms with van der Waals surface area (Å²) in [6.45, 7) is 8.12. The summed E-state index contributed by atoms with van der Waals surface area (Å²) in [5, 5.41) is 11.6. The molecule has 2 atom stereocenters. The number of likely N-dealkylation sites (N-methyl/N-ethyl adjacent to an activating group) is 2. The van der Waals surface area contributed by atoms with E-state index in [1.165, 1.54) is 0 Å². The van der Waals surface area contributed by atoms with Crippen molar-refractivity contribution in [3.05, 3.63) is 0 Å². The van der Waals surface area contributed by atoms with Gasteiger partial charge in [0.15, 0.2) is 0 Å². The fraction of sp³-hybridized carbons (Fsp3) is 0.867. The normalized spacial score (nSPS) is 13.8. The van der Waals surface area contributed by atoms with E-state index in [-0.39, 0.29) is 18.5 Å². The number of urea groups is 1. The Morgan fingerprint density at radius 3 is 2.29 bits per heavy atom. The van der Waals surface area contributed by atoms with Gasteiger partial charge in [-0.15, -0.1) is 0 Å². The molecular weight excluding hydrogens is 270 g/mol. The van der Waals surface area contributed by atoms with Gasteiger partial charge in [0.1, 0.15) is 0 Å². The summed E-state index contributed by atoms with van der Waals surface area (Å²) in [4.78, 5) is 26.5. The van der Waals surface area contributed by atoms with Crippen LogP contribution in [0.5, 0.6) is 0 Å². The maximum Gasteiger partial charge on any atom is 0.317 e. The van der Waals surface area contributed by atoms with Crippen LogP contribution >= 0.6 is 0 Å². The molecule has 0 heterocycles. The molecule has 0 aromatic carbocycles. The third-order valence-electron chi connectivity index (χ3n) is 3.53. The smallest absolute Gasteiger partial charge is 0.317 e. The average molecular weight is 301 g/mol. The first-order chi connectivity index (χ1) is 9.77. The molecule has 0 aliphatic heterocycles. The minimum Gasteiger partial charge on any atom is -0.481 e. The number of carbonyl (C=O) groups excluding carboxylic acids is 1. The van der Waals surface area contributed by atoms with Crippen LogP contribution in [-0.2, 0) is 4.79 Å². The second-order valence-corrected chi connectivity index (χ2v) is 5.96. The second-order valence-electron chi connectivity index (χ2n) is 5.96. The van der Waals surface area contributed by atoms with Gasteiger partial charge >= 0.3 is 12.0 Å². The van der Waals surface area contributed by atoms with Gasteiger partial charge in [-0.05, 0) is 46.7 Å². The largest absolute Gasteiger partial charge is 0.481 e. The number of aliphatic carboxylic acids is 1. The van der Waals surface area contributed by atoms with Crippen molar-refractivity contribution in [2.75, 3.05) is 33.7 Å². The third kappa shape index (κ3) is 9.28. The summed E-state index contributed by atoms with van der Waals surface area (Å²) in [7, 11) is 3.98. The van der Waals surface area contributed by atoms with Gasteiger partial charge in [0.25, 0.3) is 0 Å². The van der Waals surface area contributed by atoms with E-state index in [1.807, 2.05) is 39.8 Å². The van der Waals surface area contributed by atoms with Gasteiger partial charge in [0.05, 0.1) is 0 Å². The molecule has 2 amide bonds. The molecule has 0 fully saturated rings. The summed E-state index contributed by atoms with van der Waals surface area (Å²) < 4.78 is 0. The van der Waals surface area contributed by atoms with Gasteiger partial charge in [0.2, 0.25) is 0 Å². The maximum atomic E-state index is 12.1. The Morgan fingerprint density at radius 2 is 1.81 bits per heavy atom. The molecular formula is C15H31N3O3. The number of hydrogen-bond donors (Lipinski definition) is 2. The number of hydrogen-bond acceptors (Lipinski definition) is 3. The Hall–Kier alpha value is -1.30. The van der Waals surface area contributed by atoms with E-state index in [0.29, 0.717) is 25.4 Å². The standard InChI is InChI=1S/C15H31N3O3/c1-6-18(13(3)11-17(4)5)15(21)16-10-9-12(2)7-8-14(19)20/h12-13H,6-11H2,1-5H3,(H,16,21)(H,19,20). The lowest BCUT2D eigenvalue weighted by molar-refractivity contribution is -0.137. The SMILES string of the molecule is CCN(C(=O)NCCC(C)CCC(=O)O)C(C)CN(C)C. The molecule has 2 N–H and O–H groups in total. The van der Waals surface area contributed by atoms with Crippen molar-refractivity contribution in [2.24, 2.45) is 5.92 Å². The van der Waals surface area contributed by atoms with Crippen LogP contribution in [0.2, 0.25) is 0 Å². The summed E-state index contributed by atoms with van der Waals surface area (Å²) in [5.41, 5.74) is 0. The predicted octanol–water partition coefficient (Wildman–Crippen LogP) is 1.86. The molecule has 0 aromatic heterocycles. The molecule has 0 aliphatic rings. The Bertz CT molecular complexity index is 321. The topological polar surface area (TPSA) is 72.9 Å². The number of carbonyl (C=O) groups is 2. The highest BCUT2D eigenvalue weighted by Crippen LogP contribution is 2.09. The fourth-order valence-electron chi connectivity index (χ4n) is 2.32. The van der Waals surface area contributed by atoms with E-state index in [0.717, 1.165) is 13.0 Å². The molecule has 124 valence electrons. The molecule has 6 nitrogen and oxygen atoms in total. The van der Waals surface area contributed by atoms with Crippen molar-refractivity contribution < 1.29 is 14.7 Å². The van der Waals surface area contributed by atoms with Gasteiger partial charge in [-0.1, -0.05) is 6.92 Å². The molecule has 0 saturated carbocycles. The van der Waals surface area contributed by atoms with E-state index < -0.39 is 5.97 Å². The molecule has 2 unspecified atom stereocenters.